The molecule has 0 saturated heterocycles. The van der Waals surface area contributed by atoms with Crippen LogP contribution < -0.4 is 15.4 Å². The number of pyridine rings is 1. The summed E-state index contributed by atoms with van der Waals surface area (Å²) in [7, 11) is 0. The Morgan fingerprint density at radius 2 is 2.22 bits per heavy atom. The fourth-order valence-corrected chi connectivity index (χ4v) is 2.10. The van der Waals surface area contributed by atoms with Gasteiger partial charge in [0.25, 0.3) is 0 Å². The standard InChI is InChI=1S/C16H23F2N3O2/c1-4-5-11(2)8-12(3)21-16(22)20-10-13-6-7-19-14(9-13)23-15(17)18/h6-9,12,15H,4-5,10H2,1-3H3,(H2,20,21,22)/b11-8+. The topological polar surface area (TPSA) is 63.2 Å². The van der Waals surface area contributed by atoms with Crippen molar-refractivity contribution in [1.82, 2.24) is 15.6 Å². The molecule has 1 atom stereocenters. The maximum Gasteiger partial charge on any atom is 0.388 e. The van der Waals surface area contributed by atoms with Gasteiger partial charge in [-0.15, -0.1) is 0 Å². The van der Waals surface area contributed by atoms with Crippen LogP contribution in [-0.2, 0) is 6.54 Å². The number of urea groups is 1. The zero-order valence-electron chi connectivity index (χ0n) is 13.6. The lowest BCUT2D eigenvalue weighted by Gasteiger charge is -2.13. The highest BCUT2D eigenvalue weighted by molar-refractivity contribution is 5.74. The molecule has 2 amide bonds. The summed E-state index contributed by atoms with van der Waals surface area (Å²) in [5, 5.41) is 5.46. The van der Waals surface area contributed by atoms with Crippen molar-refractivity contribution in [1.29, 1.82) is 0 Å². The normalized spacial score (nSPS) is 12.9. The zero-order chi connectivity index (χ0) is 17.2. The van der Waals surface area contributed by atoms with Crippen molar-refractivity contribution in [2.45, 2.75) is 52.8 Å². The van der Waals surface area contributed by atoms with Gasteiger partial charge >= 0.3 is 12.6 Å². The number of nitrogens with one attached hydrogen (secondary N) is 2. The summed E-state index contributed by atoms with van der Waals surface area (Å²) in [4.78, 5) is 15.5. The van der Waals surface area contributed by atoms with E-state index >= 15 is 0 Å². The van der Waals surface area contributed by atoms with Crippen LogP contribution in [0.1, 0.15) is 39.2 Å². The number of rotatable bonds is 8. The highest BCUT2D eigenvalue weighted by Crippen LogP contribution is 2.12. The van der Waals surface area contributed by atoms with E-state index in [-0.39, 0.29) is 24.5 Å². The number of ether oxygens (including phenoxy) is 1. The Balaban J connectivity index is 2.45. The molecule has 1 aromatic rings. The number of hydrogen-bond donors (Lipinski definition) is 2. The van der Waals surface area contributed by atoms with Crippen LogP contribution >= 0.6 is 0 Å². The van der Waals surface area contributed by atoms with Crippen molar-refractivity contribution in [2.24, 2.45) is 0 Å². The summed E-state index contributed by atoms with van der Waals surface area (Å²) in [6.07, 6.45) is 5.42. The highest BCUT2D eigenvalue weighted by Gasteiger charge is 2.08. The lowest BCUT2D eigenvalue weighted by molar-refractivity contribution is -0.0529. The molecule has 5 nitrogen and oxygen atoms in total. The summed E-state index contributed by atoms with van der Waals surface area (Å²) in [5.41, 5.74) is 1.85. The fourth-order valence-electron chi connectivity index (χ4n) is 2.10. The Morgan fingerprint density at radius 1 is 1.48 bits per heavy atom. The smallest absolute Gasteiger partial charge is 0.388 e. The van der Waals surface area contributed by atoms with E-state index < -0.39 is 6.61 Å². The van der Waals surface area contributed by atoms with E-state index in [4.69, 9.17) is 0 Å². The maximum atomic E-state index is 12.1. The van der Waals surface area contributed by atoms with E-state index in [0.717, 1.165) is 12.8 Å². The molecule has 1 unspecified atom stereocenters. The van der Waals surface area contributed by atoms with Gasteiger partial charge < -0.3 is 15.4 Å². The van der Waals surface area contributed by atoms with Crippen LogP contribution in [0.25, 0.3) is 0 Å². The van der Waals surface area contributed by atoms with Gasteiger partial charge in [-0.05, 0) is 31.9 Å². The Bertz CT molecular complexity index is 536. The number of alkyl halides is 2. The lowest BCUT2D eigenvalue weighted by atomic mass is 10.1. The number of hydrogen-bond acceptors (Lipinski definition) is 3. The molecule has 2 N–H and O–H groups in total. The minimum absolute atomic E-state index is 0.0864. The van der Waals surface area contributed by atoms with E-state index in [1.807, 2.05) is 19.9 Å². The van der Waals surface area contributed by atoms with Crippen molar-refractivity contribution in [3.05, 3.63) is 35.5 Å². The highest BCUT2D eigenvalue weighted by atomic mass is 19.3. The summed E-state index contributed by atoms with van der Waals surface area (Å²) < 4.78 is 28.5. The molecule has 0 aliphatic heterocycles. The van der Waals surface area contributed by atoms with E-state index in [2.05, 4.69) is 27.3 Å². The van der Waals surface area contributed by atoms with Crippen LogP contribution in [0.3, 0.4) is 0 Å². The predicted molar refractivity (Wildman–Crippen MR) is 84.4 cm³/mol. The van der Waals surface area contributed by atoms with E-state index in [1.165, 1.54) is 17.8 Å². The molecule has 1 aromatic heterocycles. The van der Waals surface area contributed by atoms with E-state index in [9.17, 15) is 13.6 Å². The molecule has 0 bridgehead atoms. The Labute approximate surface area is 135 Å². The largest absolute Gasteiger partial charge is 0.417 e. The molecule has 7 heteroatoms. The number of halogens is 2. The lowest BCUT2D eigenvalue weighted by Crippen LogP contribution is -2.39. The maximum absolute atomic E-state index is 12.1. The molecular weight excluding hydrogens is 304 g/mol. The third-order valence-electron chi connectivity index (χ3n) is 3.00. The fraction of sp³-hybridized carbons (Fsp3) is 0.500. The minimum Gasteiger partial charge on any atom is -0.417 e. The molecule has 0 fully saturated rings. The summed E-state index contributed by atoms with van der Waals surface area (Å²) in [6, 6.07) is 2.57. The minimum atomic E-state index is -2.92. The Morgan fingerprint density at radius 3 is 2.87 bits per heavy atom. The first kappa shape index (κ1) is 18.9. The molecule has 23 heavy (non-hydrogen) atoms. The summed E-state index contributed by atoms with van der Waals surface area (Å²) in [5.74, 6) is -0.175. The Kier molecular flexibility index (Phi) is 8.01. The first-order chi connectivity index (χ1) is 10.9. The van der Waals surface area contributed by atoms with Gasteiger partial charge in [-0.2, -0.15) is 8.78 Å². The first-order valence-electron chi connectivity index (χ1n) is 7.52. The molecule has 1 heterocycles. The number of carbonyl (C=O) groups is 1. The molecule has 128 valence electrons. The van der Waals surface area contributed by atoms with Crippen LogP contribution in [0.15, 0.2) is 30.0 Å². The SMILES string of the molecule is CCC/C(C)=C/C(C)NC(=O)NCc1ccnc(OC(F)F)c1. The second-order valence-corrected chi connectivity index (χ2v) is 5.26. The summed E-state index contributed by atoms with van der Waals surface area (Å²) >= 11 is 0. The molecule has 0 spiro atoms. The van der Waals surface area contributed by atoms with Gasteiger partial charge in [-0.25, -0.2) is 9.78 Å². The van der Waals surface area contributed by atoms with Gasteiger partial charge in [0, 0.05) is 24.8 Å². The molecule has 0 saturated carbocycles. The molecule has 0 aliphatic carbocycles. The van der Waals surface area contributed by atoms with E-state index in [0.29, 0.717) is 5.56 Å². The van der Waals surface area contributed by atoms with Crippen molar-refractivity contribution >= 4 is 6.03 Å². The average molecular weight is 327 g/mol. The number of nitrogens with zero attached hydrogens (tertiary/aromatic N) is 1. The Hall–Kier alpha value is -2.18. The molecule has 0 aromatic carbocycles. The molecule has 0 radical (unpaired) electrons. The van der Waals surface area contributed by atoms with Crippen LogP contribution in [0.5, 0.6) is 5.88 Å². The van der Waals surface area contributed by atoms with Gasteiger partial charge in [0.1, 0.15) is 0 Å². The molecule has 0 aliphatic rings. The zero-order valence-corrected chi connectivity index (χ0v) is 13.6. The van der Waals surface area contributed by atoms with Gasteiger partial charge in [-0.3, -0.25) is 0 Å². The number of aromatic nitrogens is 1. The van der Waals surface area contributed by atoms with Crippen molar-refractivity contribution in [3.8, 4) is 5.88 Å². The van der Waals surface area contributed by atoms with Crippen LogP contribution in [0, 0.1) is 0 Å². The number of carbonyl (C=O) groups excluding carboxylic acids is 1. The van der Waals surface area contributed by atoms with Crippen LogP contribution in [0.4, 0.5) is 13.6 Å². The monoisotopic (exact) mass is 327 g/mol. The quantitative estimate of drug-likeness (QED) is 0.717. The third kappa shape index (κ3) is 8.13. The number of allylic oxidation sites excluding steroid dienone is 1. The van der Waals surface area contributed by atoms with Crippen molar-refractivity contribution < 1.29 is 18.3 Å². The third-order valence-corrected chi connectivity index (χ3v) is 3.00. The summed E-state index contributed by atoms with van der Waals surface area (Å²) in [6.45, 7) is 3.29. The molecular formula is C16H23F2N3O2. The first-order valence-corrected chi connectivity index (χ1v) is 7.52. The van der Waals surface area contributed by atoms with Gasteiger partial charge in [-0.1, -0.05) is 25.0 Å². The predicted octanol–water partition coefficient (Wildman–Crippen LogP) is 3.62. The van der Waals surface area contributed by atoms with Gasteiger partial charge in [0.05, 0.1) is 0 Å². The molecule has 1 rings (SSSR count). The van der Waals surface area contributed by atoms with E-state index in [1.54, 1.807) is 6.07 Å². The second kappa shape index (κ2) is 9.76. The van der Waals surface area contributed by atoms with Gasteiger partial charge in [0.2, 0.25) is 5.88 Å². The van der Waals surface area contributed by atoms with Crippen LogP contribution in [-0.4, -0.2) is 23.7 Å². The van der Waals surface area contributed by atoms with Gasteiger partial charge in [0.15, 0.2) is 0 Å². The number of amides is 2. The van der Waals surface area contributed by atoms with Crippen molar-refractivity contribution in [3.63, 3.8) is 0 Å². The second-order valence-electron chi connectivity index (χ2n) is 5.26. The van der Waals surface area contributed by atoms with Crippen molar-refractivity contribution in [2.75, 3.05) is 0 Å². The van der Waals surface area contributed by atoms with Crippen LogP contribution in [0.2, 0.25) is 0 Å². The average Bonchev–Trinajstić information content (AvgIpc) is 2.44.